The van der Waals surface area contributed by atoms with E-state index in [-0.39, 0.29) is 6.04 Å². The Hall–Kier alpha value is -2.32. The van der Waals surface area contributed by atoms with Gasteiger partial charge >= 0.3 is 0 Å². The molecule has 2 aromatic heterocycles. The molecular weight excluding hydrogens is 496 g/mol. The molecule has 7 heteroatoms. The zero-order chi connectivity index (χ0) is 22.4. The minimum atomic E-state index is -0.461. The molecule has 168 valence electrons. The highest BCUT2D eigenvalue weighted by Crippen LogP contribution is 2.45. The highest BCUT2D eigenvalue weighted by molar-refractivity contribution is 9.10. The van der Waals surface area contributed by atoms with Crippen LogP contribution in [0.2, 0.25) is 0 Å². The van der Waals surface area contributed by atoms with Gasteiger partial charge in [-0.25, -0.2) is 9.97 Å². The Kier molecular flexibility index (Phi) is 5.66. The summed E-state index contributed by atoms with van der Waals surface area (Å²) in [5, 5.41) is 18.1. The molecule has 4 aromatic rings. The molecule has 0 amide bonds. The topological polar surface area (TPSA) is 61.3 Å². The van der Waals surface area contributed by atoms with Crippen LogP contribution in [0, 0.1) is 0 Å². The molecule has 2 N–H and O–H groups in total. The quantitative estimate of drug-likeness (QED) is 0.380. The minimum absolute atomic E-state index is 0.111. The Balaban J connectivity index is 1.55. The van der Waals surface area contributed by atoms with Crippen LogP contribution in [0.5, 0.6) is 0 Å². The normalized spacial score (nSPS) is 20.8. The molecule has 1 aliphatic heterocycles. The van der Waals surface area contributed by atoms with Crippen molar-refractivity contribution in [3.05, 3.63) is 75.8 Å². The maximum Gasteiger partial charge on any atom is 0.142 e. The molecule has 2 atom stereocenters. The van der Waals surface area contributed by atoms with Gasteiger partial charge in [0, 0.05) is 27.9 Å². The molecule has 2 aromatic carbocycles. The number of nitrogens with one attached hydrogen (secondary N) is 1. The fourth-order valence-electron chi connectivity index (χ4n) is 5.40. The molecule has 0 radical (unpaired) electrons. The predicted octanol–water partition coefficient (Wildman–Crippen LogP) is 5.34. The van der Waals surface area contributed by atoms with Crippen molar-refractivity contribution >= 4 is 43.3 Å². The van der Waals surface area contributed by atoms with Crippen molar-refractivity contribution in [2.24, 2.45) is 0 Å². The van der Waals surface area contributed by atoms with E-state index in [9.17, 15) is 5.11 Å². The number of thiophene rings is 1. The van der Waals surface area contributed by atoms with Crippen LogP contribution in [-0.2, 0) is 6.42 Å². The summed E-state index contributed by atoms with van der Waals surface area (Å²) in [6.07, 6.45) is 3.95. The molecule has 0 saturated carbocycles. The van der Waals surface area contributed by atoms with E-state index in [1.807, 2.05) is 0 Å². The van der Waals surface area contributed by atoms with Gasteiger partial charge in [0.25, 0.3) is 0 Å². The summed E-state index contributed by atoms with van der Waals surface area (Å²) in [7, 11) is 0. The molecule has 3 heterocycles. The first-order valence-electron chi connectivity index (χ1n) is 11.4. The number of aliphatic hydroxyl groups excluding tert-OH is 1. The van der Waals surface area contributed by atoms with E-state index in [0.29, 0.717) is 12.5 Å². The zero-order valence-corrected chi connectivity index (χ0v) is 20.5. The predicted molar refractivity (Wildman–Crippen MR) is 138 cm³/mol. The number of aliphatic hydroxyl groups is 1. The number of anilines is 1. The lowest BCUT2D eigenvalue weighted by Gasteiger charge is -2.41. The second-order valence-corrected chi connectivity index (χ2v) is 10.6. The third-order valence-corrected chi connectivity index (χ3v) is 8.33. The van der Waals surface area contributed by atoms with Gasteiger partial charge in [0.15, 0.2) is 0 Å². The highest BCUT2D eigenvalue weighted by atomic mass is 79.9. The van der Waals surface area contributed by atoms with Gasteiger partial charge in [-0.2, -0.15) is 0 Å². The van der Waals surface area contributed by atoms with Crippen LogP contribution in [0.3, 0.4) is 0 Å². The first-order chi connectivity index (χ1) is 16.2. The molecule has 5 nitrogen and oxygen atoms in total. The van der Waals surface area contributed by atoms with Gasteiger partial charge in [-0.1, -0.05) is 52.3 Å². The fraction of sp³-hybridized carbons (Fsp3) is 0.308. The lowest BCUT2D eigenvalue weighted by Crippen LogP contribution is -2.47. The summed E-state index contributed by atoms with van der Waals surface area (Å²) in [6.45, 7) is 1.95. The second-order valence-electron chi connectivity index (χ2n) is 8.84. The molecule has 1 fully saturated rings. The van der Waals surface area contributed by atoms with Crippen LogP contribution in [0.15, 0.2) is 64.7 Å². The lowest BCUT2D eigenvalue weighted by molar-refractivity contribution is 0.147. The van der Waals surface area contributed by atoms with Gasteiger partial charge < -0.3 is 15.3 Å². The van der Waals surface area contributed by atoms with Crippen molar-refractivity contribution in [3.8, 4) is 11.1 Å². The Morgan fingerprint density at radius 1 is 1.03 bits per heavy atom. The van der Waals surface area contributed by atoms with Crippen molar-refractivity contribution < 1.29 is 5.11 Å². The number of hydrogen-bond acceptors (Lipinski definition) is 6. The van der Waals surface area contributed by atoms with Crippen LogP contribution in [0.1, 0.15) is 30.0 Å². The number of aromatic nitrogens is 2. The fourth-order valence-corrected chi connectivity index (χ4v) is 6.58. The van der Waals surface area contributed by atoms with Crippen LogP contribution in [-0.4, -0.2) is 40.3 Å². The molecule has 6 rings (SSSR count). The molecule has 2 unspecified atom stereocenters. The van der Waals surface area contributed by atoms with Crippen LogP contribution >= 0.6 is 27.3 Å². The average Bonchev–Trinajstić information content (AvgIpc) is 3.42. The van der Waals surface area contributed by atoms with E-state index in [4.69, 9.17) is 4.98 Å². The third-order valence-electron chi connectivity index (χ3n) is 6.92. The number of piperidine rings is 1. The minimum Gasteiger partial charge on any atom is -0.390 e. The van der Waals surface area contributed by atoms with E-state index in [2.05, 4.69) is 85.0 Å². The van der Waals surface area contributed by atoms with Crippen molar-refractivity contribution in [1.29, 1.82) is 0 Å². The average molecular weight is 521 g/mol. The van der Waals surface area contributed by atoms with E-state index in [0.717, 1.165) is 57.6 Å². The summed E-state index contributed by atoms with van der Waals surface area (Å²) >= 11 is 5.21. The third kappa shape index (κ3) is 3.77. The number of halogens is 1. The molecule has 0 spiro atoms. The van der Waals surface area contributed by atoms with Crippen molar-refractivity contribution in [2.75, 3.05) is 18.0 Å². The Morgan fingerprint density at radius 3 is 2.64 bits per heavy atom. The zero-order valence-electron chi connectivity index (χ0n) is 18.1. The van der Waals surface area contributed by atoms with E-state index in [1.54, 1.807) is 17.7 Å². The smallest absolute Gasteiger partial charge is 0.142 e. The summed E-state index contributed by atoms with van der Waals surface area (Å²) in [4.78, 5) is 12.9. The van der Waals surface area contributed by atoms with Gasteiger partial charge in [-0.3, -0.25) is 0 Å². The summed E-state index contributed by atoms with van der Waals surface area (Å²) in [6, 6.07) is 17.1. The van der Waals surface area contributed by atoms with Gasteiger partial charge in [0.05, 0.1) is 17.5 Å². The van der Waals surface area contributed by atoms with Gasteiger partial charge in [0.1, 0.15) is 17.0 Å². The SMILES string of the molecule is OC1Cc2ccccc2C1N(c1ncnc2scc(-c3ccc(Br)cc3)c12)C1CCNCC1. The number of nitrogens with zero attached hydrogens (tertiary/aromatic N) is 3. The Morgan fingerprint density at radius 2 is 1.82 bits per heavy atom. The molecule has 2 aliphatic rings. The summed E-state index contributed by atoms with van der Waals surface area (Å²) in [5.74, 6) is 0.937. The Labute approximate surface area is 205 Å². The van der Waals surface area contributed by atoms with E-state index >= 15 is 0 Å². The molecule has 1 aliphatic carbocycles. The number of hydrogen-bond donors (Lipinski definition) is 2. The monoisotopic (exact) mass is 520 g/mol. The van der Waals surface area contributed by atoms with Gasteiger partial charge in [-0.05, 0) is 54.8 Å². The largest absolute Gasteiger partial charge is 0.390 e. The molecule has 1 saturated heterocycles. The van der Waals surface area contributed by atoms with Crippen molar-refractivity contribution in [1.82, 2.24) is 15.3 Å². The number of benzene rings is 2. The van der Waals surface area contributed by atoms with Crippen LogP contribution < -0.4 is 10.2 Å². The second kappa shape index (κ2) is 8.80. The maximum absolute atomic E-state index is 11.3. The Bertz CT molecular complexity index is 1290. The number of rotatable bonds is 4. The maximum atomic E-state index is 11.3. The first kappa shape index (κ1) is 21.2. The summed E-state index contributed by atoms with van der Waals surface area (Å²) in [5.41, 5.74) is 4.75. The van der Waals surface area contributed by atoms with E-state index < -0.39 is 6.10 Å². The van der Waals surface area contributed by atoms with Crippen molar-refractivity contribution in [3.63, 3.8) is 0 Å². The van der Waals surface area contributed by atoms with Crippen LogP contribution in [0.4, 0.5) is 5.82 Å². The first-order valence-corrected chi connectivity index (χ1v) is 13.1. The molecule has 33 heavy (non-hydrogen) atoms. The van der Waals surface area contributed by atoms with Gasteiger partial charge in [-0.15, -0.1) is 11.3 Å². The van der Waals surface area contributed by atoms with Crippen molar-refractivity contribution in [2.45, 2.75) is 37.5 Å². The van der Waals surface area contributed by atoms with Gasteiger partial charge in [0.2, 0.25) is 0 Å². The van der Waals surface area contributed by atoms with E-state index in [1.165, 1.54) is 11.1 Å². The highest BCUT2D eigenvalue weighted by Gasteiger charge is 2.40. The van der Waals surface area contributed by atoms with Crippen LogP contribution in [0.25, 0.3) is 21.3 Å². The molecular formula is C26H25BrN4OS. The molecule has 0 bridgehead atoms. The summed E-state index contributed by atoms with van der Waals surface area (Å²) < 4.78 is 1.06. The standard InChI is InChI=1S/C26H25BrN4OS/c27-18-7-5-16(6-8-18)21-14-33-26-23(21)25(29-15-30-26)31(19-9-11-28-12-10-19)24-20-4-2-1-3-17(20)13-22(24)32/h1-8,14-15,19,22,24,28,32H,9-13H2. The lowest BCUT2D eigenvalue weighted by atomic mass is 9.97. The number of fused-ring (bicyclic) bond motifs is 2.